The normalized spacial score (nSPS) is 18.6. The van der Waals surface area contributed by atoms with E-state index < -0.39 is 5.60 Å². The van der Waals surface area contributed by atoms with Gasteiger partial charge in [0.2, 0.25) is 0 Å². The molecular formula is C24H33NO2. The van der Waals surface area contributed by atoms with Gasteiger partial charge in [0, 0.05) is 12.5 Å². The molecule has 146 valence electrons. The van der Waals surface area contributed by atoms with Crippen LogP contribution in [0, 0.1) is 0 Å². The highest BCUT2D eigenvalue weighted by atomic mass is 16.5. The first-order valence-electron chi connectivity index (χ1n) is 10.3. The molecule has 1 aliphatic heterocycles. The Morgan fingerprint density at radius 2 is 1.67 bits per heavy atom. The van der Waals surface area contributed by atoms with E-state index in [1.807, 2.05) is 30.3 Å². The summed E-state index contributed by atoms with van der Waals surface area (Å²) in [5.74, 6) is 0.870. The lowest BCUT2D eigenvalue weighted by molar-refractivity contribution is -0.0152. The van der Waals surface area contributed by atoms with E-state index in [1.165, 1.54) is 24.8 Å². The van der Waals surface area contributed by atoms with Crippen LogP contribution >= 0.6 is 0 Å². The van der Waals surface area contributed by atoms with Crippen molar-refractivity contribution in [3.63, 3.8) is 0 Å². The molecule has 3 heteroatoms. The van der Waals surface area contributed by atoms with Crippen LogP contribution in [0.2, 0.25) is 0 Å². The number of nitrogens with zero attached hydrogens (tertiary/aromatic N) is 1. The minimum atomic E-state index is -0.889. The zero-order valence-electron chi connectivity index (χ0n) is 16.7. The highest BCUT2D eigenvalue weighted by molar-refractivity contribution is 5.35. The van der Waals surface area contributed by atoms with Gasteiger partial charge in [-0.15, -0.1) is 0 Å². The van der Waals surface area contributed by atoms with Crippen molar-refractivity contribution in [3.8, 4) is 5.75 Å². The Morgan fingerprint density at radius 1 is 1.00 bits per heavy atom. The predicted octanol–water partition coefficient (Wildman–Crippen LogP) is 4.95. The number of benzene rings is 2. The summed E-state index contributed by atoms with van der Waals surface area (Å²) < 4.78 is 5.32. The Labute approximate surface area is 164 Å². The van der Waals surface area contributed by atoms with Crippen molar-refractivity contribution >= 4 is 0 Å². The molecule has 3 rings (SSSR count). The minimum Gasteiger partial charge on any atom is -0.497 e. The van der Waals surface area contributed by atoms with Crippen LogP contribution in [0.25, 0.3) is 0 Å². The molecule has 0 spiro atoms. The zero-order chi connectivity index (χ0) is 19.1. The Balaban J connectivity index is 1.98. The maximum Gasteiger partial charge on any atom is 0.118 e. The van der Waals surface area contributed by atoms with Crippen molar-refractivity contribution in [1.29, 1.82) is 0 Å². The van der Waals surface area contributed by atoms with Gasteiger partial charge in [-0.3, -0.25) is 0 Å². The van der Waals surface area contributed by atoms with E-state index in [1.54, 1.807) is 7.11 Å². The standard InChI is InChI=1S/C24H33NO2/c1-3-16-24(26,21-12-14-22(27-2)15-13-21)23(20-10-6-4-7-11-20)19-25-17-8-5-9-18-25/h4,6-7,10-15,23,26H,3,5,8-9,16-19H2,1-2H3. The largest absolute Gasteiger partial charge is 0.497 e. The molecule has 2 aromatic rings. The summed E-state index contributed by atoms with van der Waals surface area (Å²) in [7, 11) is 1.68. The number of piperidine rings is 1. The summed E-state index contributed by atoms with van der Waals surface area (Å²) in [6.07, 6.45) is 5.52. The summed E-state index contributed by atoms with van der Waals surface area (Å²) in [5.41, 5.74) is 1.31. The number of methoxy groups -OCH3 is 1. The number of rotatable bonds is 8. The molecule has 1 saturated heterocycles. The molecule has 1 aliphatic rings. The van der Waals surface area contributed by atoms with Gasteiger partial charge >= 0.3 is 0 Å². The monoisotopic (exact) mass is 367 g/mol. The Bertz CT molecular complexity index is 679. The van der Waals surface area contributed by atoms with Crippen molar-refractivity contribution in [2.24, 2.45) is 0 Å². The fourth-order valence-electron chi connectivity index (χ4n) is 4.40. The SMILES string of the molecule is CCCC(O)(c1ccc(OC)cc1)C(CN1CCCCC1)c1ccccc1. The van der Waals surface area contributed by atoms with E-state index in [9.17, 15) is 5.11 Å². The fraction of sp³-hybridized carbons (Fsp3) is 0.500. The maximum atomic E-state index is 12.0. The Morgan fingerprint density at radius 3 is 2.26 bits per heavy atom. The number of likely N-dealkylation sites (tertiary alicyclic amines) is 1. The van der Waals surface area contributed by atoms with E-state index in [0.29, 0.717) is 0 Å². The quantitative estimate of drug-likeness (QED) is 0.716. The van der Waals surface area contributed by atoms with E-state index in [4.69, 9.17) is 4.74 Å². The number of ether oxygens (including phenoxy) is 1. The molecule has 0 amide bonds. The van der Waals surface area contributed by atoms with Gasteiger partial charge < -0.3 is 14.7 Å². The maximum absolute atomic E-state index is 12.0. The third-order valence-corrected chi connectivity index (χ3v) is 5.89. The van der Waals surface area contributed by atoms with Crippen LogP contribution < -0.4 is 4.74 Å². The first-order chi connectivity index (χ1) is 13.2. The molecule has 0 bridgehead atoms. The van der Waals surface area contributed by atoms with E-state index >= 15 is 0 Å². The van der Waals surface area contributed by atoms with Crippen LogP contribution in [0.15, 0.2) is 54.6 Å². The Hall–Kier alpha value is -1.84. The lowest BCUT2D eigenvalue weighted by atomic mass is 9.74. The summed E-state index contributed by atoms with van der Waals surface area (Å²) in [5, 5.41) is 12.0. The summed E-state index contributed by atoms with van der Waals surface area (Å²) in [4.78, 5) is 2.53. The van der Waals surface area contributed by atoms with Gasteiger partial charge in [-0.2, -0.15) is 0 Å². The van der Waals surface area contributed by atoms with Crippen molar-refractivity contribution in [1.82, 2.24) is 4.90 Å². The molecule has 0 radical (unpaired) electrons. The molecule has 0 saturated carbocycles. The Kier molecular flexibility index (Phi) is 6.92. The van der Waals surface area contributed by atoms with Crippen LogP contribution in [-0.2, 0) is 5.60 Å². The van der Waals surface area contributed by atoms with Gasteiger partial charge in [-0.1, -0.05) is 62.2 Å². The second kappa shape index (κ2) is 9.38. The minimum absolute atomic E-state index is 0.0464. The van der Waals surface area contributed by atoms with Crippen LogP contribution in [0.1, 0.15) is 56.1 Å². The molecule has 3 nitrogen and oxygen atoms in total. The van der Waals surface area contributed by atoms with Crippen molar-refractivity contribution in [2.75, 3.05) is 26.7 Å². The third-order valence-electron chi connectivity index (χ3n) is 5.89. The first-order valence-corrected chi connectivity index (χ1v) is 10.3. The van der Waals surface area contributed by atoms with Crippen LogP contribution in [0.4, 0.5) is 0 Å². The number of hydrogen-bond acceptors (Lipinski definition) is 3. The molecule has 1 fully saturated rings. The summed E-state index contributed by atoms with van der Waals surface area (Å²) >= 11 is 0. The topological polar surface area (TPSA) is 32.7 Å². The van der Waals surface area contributed by atoms with Gasteiger partial charge in [0.1, 0.15) is 5.75 Å². The summed E-state index contributed by atoms with van der Waals surface area (Å²) in [6.45, 7) is 5.31. The van der Waals surface area contributed by atoms with E-state index in [-0.39, 0.29) is 5.92 Å². The van der Waals surface area contributed by atoms with Gasteiger partial charge in [-0.05, 0) is 55.6 Å². The fourth-order valence-corrected chi connectivity index (χ4v) is 4.40. The average Bonchev–Trinajstić information content (AvgIpc) is 2.73. The number of hydrogen-bond donors (Lipinski definition) is 1. The van der Waals surface area contributed by atoms with Crippen LogP contribution in [-0.4, -0.2) is 36.8 Å². The molecule has 1 N–H and O–H groups in total. The lowest BCUT2D eigenvalue weighted by Gasteiger charge is -2.41. The average molecular weight is 368 g/mol. The smallest absolute Gasteiger partial charge is 0.118 e. The van der Waals surface area contributed by atoms with Gasteiger partial charge in [-0.25, -0.2) is 0 Å². The zero-order valence-corrected chi connectivity index (χ0v) is 16.7. The summed E-state index contributed by atoms with van der Waals surface area (Å²) in [6, 6.07) is 18.5. The van der Waals surface area contributed by atoms with Crippen molar-refractivity contribution < 1.29 is 9.84 Å². The van der Waals surface area contributed by atoms with Gasteiger partial charge in [0.15, 0.2) is 0 Å². The highest BCUT2D eigenvalue weighted by Gasteiger charge is 2.39. The van der Waals surface area contributed by atoms with Gasteiger partial charge in [0.25, 0.3) is 0 Å². The van der Waals surface area contributed by atoms with E-state index in [2.05, 4.69) is 36.1 Å². The molecule has 1 heterocycles. The van der Waals surface area contributed by atoms with Crippen LogP contribution in [0.5, 0.6) is 5.75 Å². The first kappa shape index (κ1) is 19.9. The number of aliphatic hydroxyl groups is 1. The van der Waals surface area contributed by atoms with Crippen molar-refractivity contribution in [3.05, 3.63) is 65.7 Å². The van der Waals surface area contributed by atoms with Crippen LogP contribution in [0.3, 0.4) is 0 Å². The van der Waals surface area contributed by atoms with E-state index in [0.717, 1.165) is 43.8 Å². The lowest BCUT2D eigenvalue weighted by Crippen LogP contribution is -2.42. The van der Waals surface area contributed by atoms with Gasteiger partial charge in [0.05, 0.1) is 12.7 Å². The predicted molar refractivity (Wildman–Crippen MR) is 111 cm³/mol. The molecule has 0 aliphatic carbocycles. The molecule has 2 atom stereocenters. The second-order valence-electron chi connectivity index (χ2n) is 7.73. The molecule has 27 heavy (non-hydrogen) atoms. The molecule has 2 aromatic carbocycles. The molecular weight excluding hydrogens is 334 g/mol. The third kappa shape index (κ3) is 4.72. The highest BCUT2D eigenvalue weighted by Crippen LogP contribution is 2.42. The van der Waals surface area contributed by atoms with Crippen molar-refractivity contribution in [2.45, 2.75) is 50.5 Å². The second-order valence-corrected chi connectivity index (χ2v) is 7.73. The molecule has 2 unspecified atom stereocenters. The molecule has 0 aromatic heterocycles.